The van der Waals surface area contributed by atoms with E-state index in [2.05, 4.69) is 0 Å². The molecule has 0 aliphatic carbocycles. The van der Waals surface area contributed by atoms with E-state index < -0.39 is 5.60 Å². The number of piperazine rings is 1. The molecular formula is C20H28N2O4. The van der Waals surface area contributed by atoms with Crippen molar-refractivity contribution in [2.45, 2.75) is 58.2 Å². The molecule has 6 heteroatoms. The van der Waals surface area contributed by atoms with Crippen molar-refractivity contribution >= 4 is 12.0 Å². The fourth-order valence-electron chi connectivity index (χ4n) is 3.94. The van der Waals surface area contributed by atoms with Crippen LogP contribution < -0.4 is 4.74 Å². The highest BCUT2D eigenvalue weighted by Gasteiger charge is 2.46. The van der Waals surface area contributed by atoms with Crippen LogP contribution in [0.15, 0.2) is 18.2 Å². The number of carbonyl (C=O) groups excluding carboxylic acids is 2. The van der Waals surface area contributed by atoms with Crippen molar-refractivity contribution in [2.24, 2.45) is 0 Å². The number of amides is 2. The Labute approximate surface area is 155 Å². The van der Waals surface area contributed by atoms with Gasteiger partial charge < -0.3 is 14.4 Å². The number of hydrogen-bond acceptors (Lipinski definition) is 4. The van der Waals surface area contributed by atoms with Crippen LogP contribution in [0.4, 0.5) is 4.79 Å². The number of benzene rings is 1. The summed E-state index contributed by atoms with van der Waals surface area (Å²) in [6.07, 6.45) is 0.976. The largest absolute Gasteiger partial charge is 0.497 e. The highest BCUT2D eigenvalue weighted by atomic mass is 16.6. The number of nitrogens with zero attached hydrogens (tertiary/aromatic N) is 2. The molecule has 26 heavy (non-hydrogen) atoms. The standard InChI is InChI=1S/C20H28N2O4/c1-13-12-14(25-5)6-7-15(13)18-16-8-9-17(23)21(16)10-11-22(18)19(24)26-20(2,3)4/h6-7,12,16,18H,8-11H2,1-5H3/t16-,18+/m0/s1. The number of fused-ring (bicyclic) bond motifs is 1. The molecule has 2 atom stereocenters. The van der Waals surface area contributed by atoms with Crippen molar-refractivity contribution in [1.82, 2.24) is 9.80 Å². The van der Waals surface area contributed by atoms with Gasteiger partial charge in [0, 0.05) is 19.5 Å². The highest BCUT2D eigenvalue weighted by Crippen LogP contribution is 2.40. The molecule has 0 spiro atoms. The lowest BCUT2D eigenvalue weighted by molar-refractivity contribution is -0.132. The van der Waals surface area contributed by atoms with Gasteiger partial charge in [-0.2, -0.15) is 0 Å². The van der Waals surface area contributed by atoms with E-state index in [-0.39, 0.29) is 24.1 Å². The normalized spacial score (nSPS) is 23.0. The van der Waals surface area contributed by atoms with Gasteiger partial charge in [0.05, 0.1) is 19.2 Å². The minimum Gasteiger partial charge on any atom is -0.497 e. The summed E-state index contributed by atoms with van der Waals surface area (Å²) >= 11 is 0. The zero-order valence-corrected chi connectivity index (χ0v) is 16.2. The molecule has 0 unspecified atom stereocenters. The fourth-order valence-corrected chi connectivity index (χ4v) is 3.94. The molecule has 0 saturated carbocycles. The van der Waals surface area contributed by atoms with Gasteiger partial charge in [-0.05, 0) is 57.4 Å². The SMILES string of the molecule is COc1ccc([C@@H]2[C@@H]3CCC(=O)N3CCN2C(=O)OC(C)(C)C)c(C)c1. The molecular weight excluding hydrogens is 332 g/mol. The molecule has 0 bridgehead atoms. The number of aryl methyl sites for hydroxylation is 1. The number of carbonyl (C=O) groups is 2. The molecule has 1 aromatic rings. The molecule has 2 heterocycles. The maximum atomic E-state index is 12.9. The summed E-state index contributed by atoms with van der Waals surface area (Å²) in [5.41, 5.74) is 1.53. The Bertz CT molecular complexity index is 710. The van der Waals surface area contributed by atoms with Crippen molar-refractivity contribution in [3.05, 3.63) is 29.3 Å². The van der Waals surface area contributed by atoms with Crippen molar-refractivity contribution in [1.29, 1.82) is 0 Å². The summed E-state index contributed by atoms with van der Waals surface area (Å²) in [4.78, 5) is 28.8. The third-order valence-electron chi connectivity index (χ3n) is 5.08. The van der Waals surface area contributed by atoms with Gasteiger partial charge in [0.2, 0.25) is 5.91 Å². The Hall–Kier alpha value is -2.24. The van der Waals surface area contributed by atoms with E-state index in [4.69, 9.17) is 9.47 Å². The number of methoxy groups -OCH3 is 1. The Morgan fingerprint density at radius 2 is 1.96 bits per heavy atom. The zero-order chi connectivity index (χ0) is 19.1. The van der Waals surface area contributed by atoms with E-state index in [1.54, 1.807) is 12.0 Å². The molecule has 3 rings (SSSR count). The number of rotatable bonds is 2. The third-order valence-corrected chi connectivity index (χ3v) is 5.08. The van der Waals surface area contributed by atoms with Gasteiger partial charge in [0.1, 0.15) is 11.4 Å². The van der Waals surface area contributed by atoms with Crippen LogP contribution in [-0.2, 0) is 9.53 Å². The quantitative estimate of drug-likeness (QED) is 0.812. The maximum Gasteiger partial charge on any atom is 0.410 e. The van der Waals surface area contributed by atoms with Crippen LogP contribution in [0.2, 0.25) is 0 Å². The summed E-state index contributed by atoms with van der Waals surface area (Å²) in [5.74, 6) is 0.959. The molecule has 2 saturated heterocycles. The molecule has 2 aliphatic rings. The van der Waals surface area contributed by atoms with Crippen LogP contribution >= 0.6 is 0 Å². The molecule has 2 fully saturated rings. The van der Waals surface area contributed by atoms with Crippen LogP contribution in [0.25, 0.3) is 0 Å². The van der Waals surface area contributed by atoms with Crippen LogP contribution in [0.5, 0.6) is 5.75 Å². The zero-order valence-electron chi connectivity index (χ0n) is 16.2. The maximum absolute atomic E-state index is 12.9. The predicted molar refractivity (Wildman–Crippen MR) is 98.1 cm³/mol. The fraction of sp³-hybridized carbons (Fsp3) is 0.600. The Morgan fingerprint density at radius 3 is 2.58 bits per heavy atom. The van der Waals surface area contributed by atoms with E-state index in [0.717, 1.165) is 23.3 Å². The highest BCUT2D eigenvalue weighted by molar-refractivity contribution is 5.80. The topological polar surface area (TPSA) is 59.1 Å². The smallest absolute Gasteiger partial charge is 0.410 e. The second-order valence-electron chi connectivity index (χ2n) is 8.03. The lowest BCUT2D eigenvalue weighted by Crippen LogP contribution is -2.56. The van der Waals surface area contributed by atoms with E-state index in [1.165, 1.54) is 0 Å². The first-order valence-corrected chi connectivity index (χ1v) is 9.15. The van der Waals surface area contributed by atoms with Crippen molar-refractivity contribution in [3.8, 4) is 5.75 Å². The molecule has 2 aliphatic heterocycles. The van der Waals surface area contributed by atoms with Gasteiger partial charge in [0.25, 0.3) is 0 Å². The Kier molecular flexibility index (Phi) is 4.86. The minimum absolute atomic E-state index is 0.00383. The summed E-state index contributed by atoms with van der Waals surface area (Å²) in [5, 5.41) is 0. The van der Waals surface area contributed by atoms with Crippen LogP contribution in [0.1, 0.15) is 50.8 Å². The lowest BCUT2D eigenvalue weighted by Gasteiger charge is -2.45. The van der Waals surface area contributed by atoms with Crippen LogP contribution in [0, 0.1) is 6.92 Å². The first-order valence-electron chi connectivity index (χ1n) is 9.15. The first-order chi connectivity index (χ1) is 12.2. The average Bonchev–Trinajstić information content (AvgIpc) is 2.94. The van der Waals surface area contributed by atoms with Gasteiger partial charge in [0.15, 0.2) is 0 Å². The van der Waals surface area contributed by atoms with Crippen LogP contribution in [-0.4, -0.2) is 53.6 Å². The van der Waals surface area contributed by atoms with Gasteiger partial charge in [-0.1, -0.05) is 6.07 Å². The molecule has 142 valence electrons. The van der Waals surface area contributed by atoms with E-state index in [9.17, 15) is 9.59 Å². The van der Waals surface area contributed by atoms with Gasteiger partial charge in [-0.25, -0.2) is 4.79 Å². The molecule has 6 nitrogen and oxygen atoms in total. The summed E-state index contributed by atoms with van der Waals surface area (Å²) < 4.78 is 11.0. The van der Waals surface area contributed by atoms with Crippen LogP contribution in [0.3, 0.4) is 0 Å². The van der Waals surface area contributed by atoms with Crippen molar-refractivity contribution in [3.63, 3.8) is 0 Å². The van der Waals surface area contributed by atoms with Gasteiger partial charge in [-0.15, -0.1) is 0 Å². The number of ether oxygens (including phenoxy) is 2. The Morgan fingerprint density at radius 1 is 1.23 bits per heavy atom. The molecule has 0 radical (unpaired) electrons. The Balaban J connectivity index is 1.98. The summed E-state index contributed by atoms with van der Waals surface area (Å²) in [7, 11) is 1.64. The average molecular weight is 360 g/mol. The second kappa shape index (κ2) is 6.82. The third kappa shape index (κ3) is 3.50. The van der Waals surface area contributed by atoms with Crippen molar-refractivity contribution < 1.29 is 19.1 Å². The molecule has 0 aromatic heterocycles. The number of hydrogen-bond donors (Lipinski definition) is 0. The predicted octanol–water partition coefficient (Wildman–Crippen LogP) is 3.29. The molecule has 1 aromatic carbocycles. The van der Waals surface area contributed by atoms with E-state index >= 15 is 0 Å². The second-order valence-corrected chi connectivity index (χ2v) is 8.03. The van der Waals surface area contributed by atoms with Gasteiger partial charge in [-0.3, -0.25) is 9.69 Å². The minimum atomic E-state index is -0.556. The summed E-state index contributed by atoms with van der Waals surface area (Å²) in [6.45, 7) is 8.66. The summed E-state index contributed by atoms with van der Waals surface area (Å²) in [6, 6.07) is 5.68. The lowest BCUT2D eigenvalue weighted by atomic mass is 9.91. The van der Waals surface area contributed by atoms with E-state index in [0.29, 0.717) is 19.5 Å². The van der Waals surface area contributed by atoms with E-state index in [1.807, 2.05) is 50.8 Å². The molecule has 2 amide bonds. The van der Waals surface area contributed by atoms with Gasteiger partial charge >= 0.3 is 6.09 Å². The molecule has 0 N–H and O–H groups in total. The monoisotopic (exact) mass is 360 g/mol. The first kappa shape index (κ1) is 18.5. The van der Waals surface area contributed by atoms with Crippen molar-refractivity contribution in [2.75, 3.05) is 20.2 Å².